The quantitative estimate of drug-likeness (QED) is 0.500. The number of hydrogen-bond donors (Lipinski definition) is 1. The summed E-state index contributed by atoms with van der Waals surface area (Å²) in [5.74, 6) is 2.56. The summed E-state index contributed by atoms with van der Waals surface area (Å²) >= 11 is 0. The van der Waals surface area contributed by atoms with E-state index in [9.17, 15) is 9.90 Å². The molecule has 5 heteroatoms. The van der Waals surface area contributed by atoms with Gasteiger partial charge in [0.05, 0.1) is 18.5 Å². The largest absolute Gasteiger partial charge is 0.478 e. The van der Waals surface area contributed by atoms with Crippen molar-refractivity contribution in [2.24, 2.45) is 0 Å². The number of aryl methyl sites for hydroxylation is 2. The molecule has 30 heavy (non-hydrogen) atoms. The number of carboxylic acid groups (broad SMARTS) is 1. The standard InChI is InChI=1S/C25H21N3O2/c1-4-7-22-27-23-16(2)14-17(3)26-24(23)28(22)15-18-10-12-19(13-11-18)20-8-5-6-9-21(20)25(29)30/h1,5-6,8-14H,7,15H2,2-3H3,(H,29,30). The van der Waals surface area contributed by atoms with Crippen molar-refractivity contribution in [3.8, 4) is 23.5 Å². The molecule has 2 aromatic heterocycles. The fourth-order valence-corrected chi connectivity index (χ4v) is 3.73. The fourth-order valence-electron chi connectivity index (χ4n) is 3.73. The third-order valence-corrected chi connectivity index (χ3v) is 5.12. The van der Waals surface area contributed by atoms with Crippen LogP contribution in [0, 0.1) is 26.2 Å². The molecule has 2 aromatic carbocycles. The third kappa shape index (κ3) is 3.56. The molecule has 0 saturated heterocycles. The first-order chi connectivity index (χ1) is 14.5. The van der Waals surface area contributed by atoms with Crippen molar-refractivity contribution < 1.29 is 9.90 Å². The number of carboxylic acids is 1. The Morgan fingerprint density at radius 2 is 1.83 bits per heavy atom. The van der Waals surface area contributed by atoms with E-state index in [1.54, 1.807) is 12.1 Å². The highest BCUT2D eigenvalue weighted by atomic mass is 16.4. The van der Waals surface area contributed by atoms with Gasteiger partial charge in [-0.15, -0.1) is 6.42 Å². The van der Waals surface area contributed by atoms with Crippen molar-refractivity contribution in [1.29, 1.82) is 0 Å². The third-order valence-electron chi connectivity index (χ3n) is 5.12. The molecule has 1 N–H and O–H groups in total. The molecule has 2 heterocycles. The fraction of sp³-hybridized carbons (Fsp3) is 0.160. The summed E-state index contributed by atoms with van der Waals surface area (Å²) in [5.41, 5.74) is 6.63. The van der Waals surface area contributed by atoms with Crippen LogP contribution in [0.5, 0.6) is 0 Å². The van der Waals surface area contributed by atoms with E-state index in [1.165, 1.54) is 0 Å². The van der Waals surface area contributed by atoms with Crippen molar-refractivity contribution in [2.45, 2.75) is 26.8 Å². The topological polar surface area (TPSA) is 68.0 Å². The van der Waals surface area contributed by atoms with Gasteiger partial charge in [0, 0.05) is 5.69 Å². The van der Waals surface area contributed by atoms with E-state index in [4.69, 9.17) is 16.4 Å². The van der Waals surface area contributed by atoms with Crippen LogP contribution in [-0.4, -0.2) is 25.6 Å². The van der Waals surface area contributed by atoms with Crippen LogP contribution in [0.3, 0.4) is 0 Å². The van der Waals surface area contributed by atoms with E-state index in [1.807, 2.05) is 56.3 Å². The van der Waals surface area contributed by atoms with Crippen LogP contribution in [0.25, 0.3) is 22.3 Å². The van der Waals surface area contributed by atoms with E-state index < -0.39 is 5.97 Å². The Hall–Kier alpha value is -3.91. The summed E-state index contributed by atoms with van der Waals surface area (Å²) in [6.07, 6.45) is 5.99. The van der Waals surface area contributed by atoms with Crippen molar-refractivity contribution in [3.05, 3.63) is 82.8 Å². The van der Waals surface area contributed by atoms with Gasteiger partial charge in [-0.05, 0) is 48.2 Å². The van der Waals surface area contributed by atoms with E-state index in [0.29, 0.717) is 18.5 Å². The molecule has 148 valence electrons. The number of pyridine rings is 1. The van der Waals surface area contributed by atoms with Crippen LogP contribution in [0.2, 0.25) is 0 Å². The Bertz CT molecular complexity index is 1290. The van der Waals surface area contributed by atoms with Gasteiger partial charge in [0.1, 0.15) is 11.3 Å². The Morgan fingerprint density at radius 1 is 1.10 bits per heavy atom. The molecule has 0 atom stereocenters. The SMILES string of the molecule is C#CCc1nc2c(C)cc(C)nc2n1Cc1ccc(-c2ccccc2C(=O)O)cc1. The van der Waals surface area contributed by atoms with Crippen LogP contribution in [0.15, 0.2) is 54.6 Å². The molecule has 0 radical (unpaired) electrons. The molecule has 0 amide bonds. The zero-order valence-corrected chi connectivity index (χ0v) is 16.9. The van der Waals surface area contributed by atoms with Gasteiger partial charge in [-0.1, -0.05) is 48.4 Å². The molecule has 4 rings (SSSR count). The molecule has 0 unspecified atom stereocenters. The predicted octanol–water partition coefficient (Wildman–Crippen LogP) is 4.64. The van der Waals surface area contributed by atoms with Gasteiger partial charge in [-0.2, -0.15) is 0 Å². The zero-order chi connectivity index (χ0) is 21.3. The lowest BCUT2D eigenvalue weighted by Gasteiger charge is -2.10. The van der Waals surface area contributed by atoms with E-state index in [0.717, 1.165) is 39.4 Å². The average Bonchev–Trinajstić information content (AvgIpc) is 3.06. The van der Waals surface area contributed by atoms with E-state index in [-0.39, 0.29) is 5.56 Å². The number of nitrogens with zero attached hydrogens (tertiary/aromatic N) is 3. The minimum absolute atomic E-state index is 0.289. The maximum absolute atomic E-state index is 11.5. The zero-order valence-electron chi connectivity index (χ0n) is 16.9. The molecule has 0 bridgehead atoms. The number of fused-ring (bicyclic) bond motifs is 1. The molecular weight excluding hydrogens is 374 g/mol. The Balaban J connectivity index is 1.73. The first-order valence-electron chi connectivity index (χ1n) is 9.66. The Kier molecular flexibility index (Phi) is 5.07. The second-order valence-electron chi connectivity index (χ2n) is 7.30. The van der Waals surface area contributed by atoms with Crippen LogP contribution < -0.4 is 0 Å². The van der Waals surface area contributed by atoms with Crippen molar-refractivity contribution in [3.63, 3.8) is 0 Å². The normalized spacial score (nSPS) is 10.8. The molecule has 4 aromatic rings. The molecule has 0 aliphatic rings. The second kappa shape index (κ2) is 7.84. The van der Waals surface area contributed by atoms with Crippen LogP contribution in [0.1, 0.15) is 33.0 Å². The molecule has 0 saturated carbocycles. The number of imidazole rings is 1. The minimum Gasteiger partial charge on any atom is -0.478 e. The highest BCUT2D eigenvalue weighted by Crippen LogP contribution is 2.25. The van der Waals surface area contributed by atoms with Gasteiger partial charge in [0.25, 0.3) is 0 Å². The summed E-state index contributed by atoms with van der Waals surface area (Å²) in [4.78, 5) is 20.9. The van der Waals surface area contributed by atoms with Crippen molar-refractivity contribution in [2.75, 3.05) is 0 Å². The van der Waals surface area contributed by atoms with E-state index in [2.05, 4.69) is 10.5 Å². The highest BCUT2D eigenvalue weighted by molar-refractivity contribution is 5.96. The molecule has 0 fully saturated rings. The molecule has 0 spiro atoms. The lowest BCUT2D eigenvalue weighted by molar-refractivity contribution is 0.0697. The maximum Gasteiger partial charge on any atom is 0.336 e. The van der Waals surface area contributed by atoms with Gasteiger partial charge in [0.15, 0.2) is 5.65 Å². The van der Waals surface area contributed by atoms with Crippen LogP contribution in [-0.2, 0) is 13.0 Å². The van der Waals surface area contributed by atoms with E-state index >= 15 is 0 Å². The lowest BCUT2D eigenvalue weighted by atomic mass is 9.99. The highest BCUT2D eigenvalue weighted by Gasteiger charge is 2.15. The number of terminal acetylenes is 1. The van der Waals surface area contributed by atoms with Crippen LogP contribution in [0.4, 0.5) is 0 Å². The van der Waals surface area contributed by atoms with Gasteiger partial charge in [-0.3, -0.25) is 0 Å². The number of benzene rings is 2. The average molecular weight is 395 g/mol. The monoisotopic (exact) mass is 395 g/mol. The lowest BCUT2D eigenvalue weighted by Crippen LogP contribution is -2.06. The second-order valence-corrected chi connectivity index (χ2v) is 7.30. The van der Waals surface area contributed by atoms with Gasteiger partial charge < -0.3 is 9.67 Å². The number of hydrogen-bond acceptors (Lipinski definition) is 3. The first kappa shape index (κ1) is 19.4. The minimum atomic E-state index is -0.935. The van der Waals surface area contributed by atoms with Crippen LogP contribution >= 0.6 is 0 Å². The molecule has 0 aliphatic carbocycles. The smallest absolute Gasteiger partial charge is 0.336 e. The van der Waals surface area contributed by atoms with Crippen molar-refractivity contribution >= 4 is 17.1 Å². The number of aromatic nitrogens is 3. The van der Waals surface area contributed by atoms with Gasteiger partial charge in [0.2, 0.25) is 0 Å². The molecular formula is C25H21N3O2. The summed E-state index contributed by atoms with van der Waals surface area (Å²) in [6.45, 7) is 4.59. The molecule has 5 nitrogen and oxygen atoms in total. The summed E-state index contributed by atoms with van der Waals surface area (Å²) in [7, 11) is 0. The van der Waals surface area contributed by atoms with Gasteiger partial charge in [-0.25, -0.2) is 14.8 Å². The summed E-state index contributed by atoms with van der Waals surface area (Å²) in [6, 6.07) is 16.9. The first-order valence-corrected chi connectivity index (χ1v) is 9.66. The van der Waals surface area contributed by atoms with Crippen molar-refractivity contribution in [1.82, 2.24) is 14.5 Å². The summed E-state index contributed by atoms with van der Waals surface area (Å²) in [5, 5.41) is 9.45. The maximum atomic E-state index is 11.5. The molecule has 0 aliphatic heterocycles. The number of rotatable bonds is 5. The van der Waals surface area contributed by atoms with Gasteiger partial charge >= 0.3 is 5.97 Å². The Labute approximate surface area is 175 Å². The number of carbonyl (C=O) groups is 1. The Morgan fingerprint density at radius 3 is 2.53 bits per heavy atom. The number of aromatic carboxylic acids is 1. The summed E-state index contributed by atoms with van der Waals surface area (Å²) < 4.78 is 2.06. The predicted molar refractivity (Wildman–Crippen MR) is 117 cm³/mol.